The summed E-state index contributed by atoms with van der Waals surface area (Å²) in [6.45, 7) is 1.08. The number of ether oxygens (including phenoxy) is 1. The number of carbonyl (C=O) groups excluding carboxylic acids is 1. The zero-order valence-corrected chi connectivity index (χ0v) is 14.5. The van der Waals surface area contributed by atoms with E-state index in [2.05, 4.69) is 0 Å². The minimum atomic E-state index is 0.0969. The molecule has 0 aromatic heterocycles. The number of hydrogen-bond acceptors (Lipinski definition) is 2. The van der Waals surface area contributed by atoms with Crippen molar-refractivity contribution in [3.05, 3.63) is 64.1 Å². The lowest BCUT2D eigenvalue weighted by Gasteiger charge is -2.17. The number of rotatable bonds is 7. The van der Waals surface area contributed by atoms with Crippen molar-refractivity contribution in [2.45, 2.75) is 19.4 Å². The number of carbonyl (C=O) groups is 1. The number of benzene rings is 2. The number of hydrogen-bond donors (Lipinski definition) is 0. The summed E-state index contributed by atoms with van der Waals surface area (Å²) in [7, 11) is 1.80. The van der Waals surface area contributed by atoms with Gasteiger partial charge in [-0.15, -0.1) is 0 Å². The summed E-state index contributed by atoms with van der Waals surface area (Å²) in [5.41, 5.74) is 1.06. The van der Waals surface area contributed by atoms with E-state index in [0.717, 1.165) is 11.3 Å². The van der Waals surface area contributed by atoms with Crippen molar-refractivity contribution >= 4 is 29.1 Å². The van der Waals surface area contributed by atoms with Crippen molar-refractivity contribution in [2.75, 3.05) is 13.7 Å². The summed E-state index contributed by atoms with van der Waals surface area (Å²) in [5.74, 6) is 0.857. The molecule has 122 valence electrons. The van der Waals surface area contributed by atoms with Gasteiger partial charge in [-0.05, 0) is 48.4 Å². The molecule has 0 bridgehead atoms. The molecule has 2 aromatic rings. The van der Waals surface area contributed by atoms with Crippen LogP contribution < -0.4 is 4.74 Å². The van der Waals surface area contributed by atoms with Crippen LogP contribution in [0.4, 0.5) is 0 Å². The number of amides is 1. The summed E-state index contributed by atoms with van der Waals surface area (Å²) >= 11 is 11.7. The Kier molecular flexibility index (Phi) is 6.75. The minimum Gasteiger partial charge on any atom is -0.494 e. The second-order valence-corrected chi connectivity index (χ2v) is 6.16. The molecular weight excluding hydrogens is 333 g/mol. The largest absolute Gasteiger partial charge is 0.494 e. The van der Waals surface area contributed by atoms with E-state index in [1.807, 2.05) is 36.4 Å². The Labute approximate surface area is 146 Å². The highest BCUT2D eigenvalue weighted by Crippen LogP contribution is 2.16. The Hall–Kier alpha value is -1.71. The van der Waals surface area contributed by atoms with Crippen molar-refractivity contribution in [1.82, 2.24) is 4.90 Å². The van der Waals surface area contributed by atoms with Crippen LogP contribution in [0.5, 0.6) is 5.75 Å². The Morgan fingerprint density at radius 3 is 2.17 bits per heavy atom. The molecule has 0 fully saturated rings. The molecule has 0 aliphatic heterocycles. The van der Waals surface area contributed by atoms with E-state index in [1.165, 1.54) is 0 Å². The molecule has 0 aliphatic carbocycles. The molecule has 0 N–H and O–H groups in total. The third kappa shape index (κ3) is 6.12. The van der Waals surface area contributed by atoms with Crippen molar-refractivity contribution in [2.24, 2.45) is 0 Å². The highest BCUT2D eigenvalue weighted by atomic mass is 35.5. The zero-order valence-electron chi connectivity index (χ0n) is 13.0. The van der Waals surface area contributed by atoms with E-state index in [-0.39, 0.29) is 5.91 Å². The summed E-state index contributed by atoms with van der Waals surface area (Å²) in [6.07, 6.45) is 1.13. The molecule has 0 atom stereocenters. The van der Waals surface area contributed by atoms with Gasteiger partial charge in [-0.25, -0.2) is 0 Å². The van der Waals surface area contributed by atoms with E-state index in [4.69, 9.17) is 27.9 Å². The zero-order chi connectivity index (χ0) is 16.7. The normalized spacial score (nSPS) is 10.4. The molecule has 2 rings (SSSR count). The predicted molar refractivity (Wildman–Crippen MR) is 94.1 cm³/mol. The second-order valence-electron chi connectivity index (χ2n) is 5.28. The third-order valence-corrected chi connectivity index (χ3v) is 3.88. The van der Waals surface area contributed by atoms with Crippen molar-refractivity contribution in [3.8, 4) is 5.75 Å². The van der Waals surface area contributed by atoms with Crippen LogP contribution in [0.2, 0.25) is 10.0 Å². The molecule has 0 unspecified atom stereocenters. The van der Waals surface area contributed by atoms with Crippen molar-refractivity contribution < 1.29 is 9.53 Å². The average Bonchev–Trinajstić information content (AvgIpc) is 2.55. The molecule has 23 heavy (non-hydrogen) atoms. The van der Waals surface area contributed by atoms with Gasteiger partial charge in [-0.2, -0.15) is 0 Å². The van der Waals surface area contributed by atoms with Crippen LogP contribution in [0.3, 0.4) is 0 Å². The van der Waals surface area contributed by atoms with Crippen LogP contribution in [0.1, 0.15) is 18.4 Å². The van der Waals surface area contributed by atoms with Crippen LogP contribution >= 0.6 is 23.2 Å². The first-order chi connectivity index (χ1) is 11.0. The van der Waals surface area contributed by atoms with Crippen LogP contribution in [0.25, 0.3) is 0 Å². The van der Waals surface area contributed by atoms with Crippen LogP contribution in [0.15, 0.2) is 48.5 Å². The minimum absolute atomic E-state index is 0.0969. The van der Waals surface area contributed by atoms with Gasteiger partial charge in [-0.1, -0.05) is 35.3 Å². The molecule has 0 heterocycles. The Morgan fingerprint density at radius 2 is 1.57 bits per heavy atom. The molecule has 1 amide bonds. The molecule has 0 aliphatic rings. The monoisotopic (exact) mass is 351 g/mol. The van der Waals surface area contributed by atoms with Gasteiger partial charge in [-0.3, -0.25) is 4.79 Å². The maximum absolute atomic E-state index is 12.1. The summed E-state index contributed by atoms with van der Waals surface area (Å²) in [5, 5.41) is 1.37. The van der Waals surface area contributed by atoms with E-state index in [9.17, 15) is 4.79 Å². The van der Waals surface area contributed by atoms with Gasteiger partial charge < -0.3 is 9.64 Å². The molecule has 3 nitrogen and oxygen atoms in total. The van der Waals surface area contributed by atoms with Gasteiger partial charge in [0.1, 0.15) is 5.75 Å². The van der Waals surface area contributed by atoms with Crippen molar-refractivity contribution in [3.63, 3.8) is 0 Å². The lowest BCUT2D eigenvalue weighted by atomic mass is 10.2. The van der Waals surface area contributed by atoms with Gasteiger partial charge in [0.15, 0.2) is 0 Å². The quantitative estimate of drug-likeness (QED) is 0.669. The summed E-state index contributed by atoms with van der Waals surface area (Å²) < 4.78 is 5.58. The van der Waals surface area contributed by atoms with Gasteiger partial charge in [0.2, 0.25) is 5.91 Å². The fraction of sp³-hybridized carbons (Fsp3) is 0.278. The molecule has 5 heteroatoms. The van der Waals surface area contributed by atoms with Gasteiger partial charge in [0.25, 0.3) is 0 Å². The highest BCUT2D eigenvalue weighted by molar-refractivity contribution is 6.30. The van der Waals surface area contributed by atoms with Gasteiger partial charge in [0.05, 0.1) is 6.61 Å². The Balaban J connectivity index is 1.69. The van der Waals surface area contributed by atoms with Gasteiger partial charge >= 0.3 is 0 Å². The molecule has 0 radical (unpaired) electrons. The third-order valence-electron chi connectivity index (χ3n) is 3.38. The smallest absolute Gasteiger partial charge is 0.222 e. The summed E-state index contributed by atoms with van der Waals surface area (Å²) in [4.78, 5) is 13.8. The molecule has 0 saturated carbocycles. The van der Waals surface area contributed by atoms with Crippen LogP contribution in [-0.2, 0) is 11.3 Å². The Bertz CT molecular complexity index is 626. The standard InChI is InChI=1S/C18H19Cl2NO2/c1-21(13-14-4-6-15(19)7-5-14)18(22)3-2-12-23-17-10-8-16(20)9-11-17/h4-11H,2-3,12-13H2,1H3. The first-order valence-corrected chi connectivity index (χ1v) is 8.17. The lowest BCUT2D eigenvalue weighted by molar-refractivity contribution is -0.130. The number of halogens is 2. The SMILES string of the molecule is CN(Cc1ccc(Cl)cc1)C(=O)CCCOc1ccc(Cl)cc1. The fourth-order valence-corrected chi connectivity index (χ4v) is 2.34. The average molecular weight is 352 g/mol. The maximum atomic E-state index is 12.1. The van der Waals surface area contributed by atoms with E-state index in [0.29, 0.717) is 36.0 Å². The van der Waals surface area contributed by atoms with Crippen molar-refractivity contribution in [1.29, 1.82) is 0 Å². The van der Waals surface area contributed by atoms with E-state index >= 15 is 0 Å². The predicted octanol–water partition coefficient (Wildman–Crippen LogP) is 4.81. The molecule has 0 saturated heterocycles. The van der Waals surface area contributed by atoms with Gasteiger partial charge in [0, 0.05) is 30.1 Å². The maximum Gasteiger partial charge on any atom is 0.222 e. The highest BCUT2D eigenvalue weighted by Gasteiger charge is 2.09. The fourth-order valence-electron chi connectivity index (χ4n) is 2.09. The van der Waals surface area contributed by atoms with Crippen LogP contribution in [0, 0.1) is 0 Å². The van der Waals surface area contributed by atoms with E-state index in [1.54, 1.807) is 24.1 Å². The van der Waals surface area contributed by atoms with Crippen LogP contribution in [-0.4, -0.2) is 24.5 Å². The molecule has 0 spiro atoms. The first kappa shape index (κ1) is 17.6. The topological polar surface area (TPSA) is 29.5 Å². The second kappa shape index (κ2) is 8.80. The first-order valence-electron chi connectivity index (χ1n) is 7.41. The Morgan fingerprint density at radius 1 is 1.00 bits per heavy atom. The molecule has 2 aromatic carbocycles. The lowest BCUT2D eigenvalue weighted by Crippen LogP contribution is -2.26. The van der Waals surface area contributed by atoms with E-state index < -0.39 is 0 Å². The summed E-state index contributed by atoms with van der Waals surface area (Å²) in [6, 6.07) is 14.7. The number of nitrogens with zero attached hydrogens (tertiary/aromatic N) is 1. The molecular formula is C18H19Cl2NO2.